The molecule has 1 fully saturated rings. The van der Waals surface area contributed by atoms with Crippen LogP contribution in [0.2, 0.25) is 5.02 Å². The van der Waals surface area contributed by atoms with Gasteiger partial charge in [-0.25, -0.2) is 4.98 Å². The molecule has 7 nitrogen and oxygen atoms in total. The molecule has 0 bridgehead atoms. The van der Waals surface area contributed by atoms with Crippen LogP contribution in [0.3, 0.4) is 0 Å². The summed E-state index contributed by atoms with van der Waals surface area (Å²) in [7, 11) is 0. The third kappa shape index (κ3) is 4.03. The van der Waals surface area contributed by atoms with Crippen molar-refractivity contribution in [3.8, 4) is 17.2 Å². The molecule has 35 heavy (non-hydrogen) atoms. The number of hydrogen-bond donors (Lipinski definition) is 2. The molecule has 1 aliphatic rings. The normalized spacial score (nSPS) is 13.7. The number of nitriles is 1. The maximum Gasteiger partial charge on any atom is 0.266 e. The standard InChI is InChI=1S/C26H23ClN6OS/c1-15-7-8-17(27)13-19(15)32-9-11-33(12-10-32)26(34)23-22(29)21-20(16-5-3-2-4-6-16)18(14-28)24(30)31-25(21)35-23/h2-8,13H,9-12,29H2,1H3,(H2,30,31). The van der Waals surface area contributed by atoms with Crippen molar-refractivity contribution in [3.63, 3.8) is 0 Å². The fourth-order valence-corrected chi connectivity index (χ4v) is 5.80. The Labute approximate surface area is 212 Å². The zero-order chi connectivity index (χ0) is 24.7. The Balaban J connectivity index is 1.48. The van der Waals surface area contributed by atoms with E-state index in [4.69, 9.17) is 23.1 Å². The molecular weight excluding hydrogens is 480 g/mol. The maximum absolute atomic E-state index is 13.5. The summed E-state index contributed by atoms with van der Waals surface area (Å²) in [5.74, 6) is -0.00587. The Bertz CT molecular complexity index is 1490. The first-order valence-electron chi connectivity index (χ1n) is 11.2. The minimum Gasteiger partial charge on any atom is -0.397 e. The summed E-state index contributed by atoms with van der Waals surface area (Å²) in [5.41, 5.74) is 16.9. The summed E-state index contributed by atoms with van der Waals surface area (Å²) < 4.78 is 0. The number of thiophene rings is 1. The number of rotatable bonds is 3. The van der Waals surface area contributed by atoms with E-state index in [1.165, 1.54) is 11.3 Å². The van der Waals surface area contributed by atoms with Crippen LogP contribution in [-0.4, -0.2) is 42.0 Å². The molecule has 4 N–H and O–H groups in total. The van der Waals surface area contributed by atoms with Gasteiger partial charge in [0.25, 0.3) is 5.91 Å². The van der Waals surface area contributed by atoms with E-state index in [2.05, 4.69) is 22.9 Å². The second-order valence-electron chi connectivity index (χ2n) is 8.46. The molecule has 176 valence electrons. The molecule has 4 aromatic rings. The monoisotopic (exact) mass is 502 g/mol. The molecule has 1 aliphatic heterocycles. The molecule has 9 heteroatoms. The van der Waals surface area contributed by atoms with Crippen LogP contribution < -0.4 is 16.4 Å². The van der Waals surface area contributed by atoms with Crippen molar-refractivity contribution in [1.29, 1.82) is 5.26 Å². The molecular formula is C26H23ClN6OS. The van der Waals surface area contributed by atoms with Gasteiger partial charge in [-0.1, -0.05) is 48.0 Å². The fraction of sp³-hybridized carbons (Fsp3) is 0.192. The SMILES string of the molecule is Cc1ccc(Cl)cc1N1CCN(C(=O)c2sc3nc(N)c(C#N)c(-c4ccccc4)c3c2N)CC1. The molecule has 3 heterocycles. The second kappa shape index (κ2) is 9.10. The van der Waals surface area contributed by atoms with E-state index >= 15 is 0 Å². The molecule has 2 aromatic heterocycles. The minimum absolute atomic E-state index is 0.129. The number of halogens is 1. The van der Waals surface area contributed by atoms with E-state index in [0.29, 0.717) is 57.5 Å². The van der Waals surface area contributed by atoms with Crippen LogP contribution >= 0.6 is 22.9 Å². The number of anilines is 3. The highest BCUT2D eigenvalue weighted by molar-refractivity contribution is 7.21. The molecule has 5 rings (SSSR count). The number of fused-ring (bicyclic) bond motifs is 1. The number of hydrogen-bond acceptors (Lipinski definition) is 7. The van der Waals surface area contributed by atoms with Gasteiger partial charge in [-0.05, 0) is 30.2 Å². The van der Waals surface area contributed by atoms with Crippen molar-refractivity contribution in [3.05, 3.63) is 69.6 Å². The van der Waals surface area contributed by atoms with Crippen LogP contribution in [0.15, 0.2) is 48.5 Å². The summed E-state index contributed by atoms with van der Waals surface area (Å²) in [6.45, 7) is 4.55. The zero-order valence-electron chi connectivity index (χ0n) is 19.1. The maximum atomic E-state index is 13.5. The number of aryl methyl sites for hydroxylation is 1. The summed E-state index contributed by atoms with van der Waals surface area (Å²) in [6.07, 6.45) is 0. The van der Waals surface area contributed by atoms with E-state index in [0.717, 1.165) is 16.8 Å². The number of carbonyl (C=O) groups excluding carboxylic acids is 1. The average molecular weight is 503 g/mol. The number of aromatic nitrogens is 1. The number of benzene rings is 2. The fourth-order valence-electron chi connectivity index (χ4n) is 4.55. The third-order valence-corrected chi connectivity index (χ3v) is 7.67. The highest BCUT2D eigenvalue weighted by Crippen LogP contribution is 2.43. The van der Waals surface area contributed by atoms with Crippen LogP contribution in [0.4, 0.5) is 17.2 Å². The number of amides is 1. The quantitative estimate of drug-likeness (QED) is 0.411. The second-order valence-corrected chi connectivity index (χ2v) is 9.90. The van der Waals surface area contributed by atoms with Crippen LogP contribution in [0.25, 0.3) is 21.3 Å². The molecule has 0 spiro atoms. The number of nitrogen functional groups attached to an aromatic ring is 2. The Hall–Kier alpha value is -3.80. The Morgan fingerprint density at radius 1 is 1.11 bits per heavy atom. The van der Waals surface area contributed by atoms with E-state index in [-0.39, 0.29) is 17.3 Å². The number of piperazine rings is 1. The first-order valence-corrected chi connectivity index (χ1v) is 12.4. The lowest BCUT2D eigenvalue weighted by atomic mass is 9.97. The Morgan fingerprint density at radius 3 is 2.51 bits per heavy atom. The van der Waals surface area contributed by atoms with Crippen molar-refractivity contribution < 1.29 is 4.79 Å². The zero-order valence-corrected chi connectivity index (χ0v) is 20.7. The summed E-state index contributed by atoms with van der Waals surface area (Å²) in [4.78, 5) is 23.0. The van der Waals surface area contributed by atoms with Gasteiger partial charge >= 0.3 is 0 Å². The van der Waals surface area contributed by atoms with E-state index in [9.17, 15) is 10.1 Å². The van der Waals surface area contributed by atoms with Crippen LogP contribution in [0.5, 0.6) is 0 Å². The molecule has 0 unspecified atom stereocenters. The number of pyridine rings is 1. The van der Waals surface area contributed by atoms with Crippen molar-refractivity contribution >= 4 is 56.3 Å². The lowest BCUT2D eigenvalue weighted by Gasteiger charge is -2.36. The van der Waals surface area contributed by atoms with Gasteiger partial charge < -0.3 is 21.3 Å². The molecule has 2 aromatic carbocycles. The lowest BCUT2D eigenvalue weighted by molar-refractivity contribution is 0.0752. The number of nitrogens with two attached hydrogens (primary N) is 2. The smallest absolute Gasteiger partial charge is 0.266 e. The van der Waals surface area contributed by atoms with Crippen LogP contribution in [-0.2, 0) is 0 Å². The summed E-state index contributed by atoms with van der Waals surface area (Å²) in [5, 5.41) is 11.1. The summed E-state index contributed by atoms with van der Waals surface area (Å²) >= 11 is 7.42. The van der Waals surface area contributed by atoms with Gasteiger partial charge in [0, 0.05) is 47.8 Å². The Morgan fingerprint density at radius 2 is 1.83 bits per heavy atom. The largest absolute Gasteiger partial charge is 0.397 e. The van der Waals surface area contributed by atoms with Gasteiger partial charge in [0.2, 0.25) is 0 Å². The molecule has 0 atom stereocenters. The van der Waals surface area contributed by atoms with Gasteiger partial charge in [-0.15, -0.1) is 11.3 Å². The van der Waals surface area contributed by atoms with Gasteiger partial charge in [0.1, 0.15) is 27.2 Å². The minimum atomic E-state index is -0.135. The van der Waals surface area contributed by atoms with E-state index < -0.39 is 0 Å². The van der Waals surface area contributed by atoms with E-state index in [1.807, 2.05) is 53.4 Å². The van der Waals surface area contributed by atoms with Crippen molar-refractivity contribution in [2.24, 2.45) is 0 Å². The van der Waals surface area contributed by atoms with Crippen molar-refractivity contribution in [1.82, 2.24) is 9.88 Å². The third-order valence-electron chi connectivity index (χ3n) is 6.35. The number of carbonyl (C=O) groups is 1. The molecule has 0 radical (unpaired) electrons. The van der Waals surface area contributed by atoms with Crippen LogP contribution in [0, 0.1) is 18.3 Å². The van der Waals surface area contributed by atoms with Gasteiger partial charge in [0.05, 0.1) is 5.69 Å². The first-order chi connectivity index (χ1) is 16.9. The van der Waals surface area contributed by atoms with Crippen molar-refractivity contribution in [2.75, 3.05) is 42.5 Å². The predicted octanol–water partition coefficient (Wildman–Crippen LogP) is 4.92. The predicted molar refractivity (Wildman–Crippen MR) is 143 cm³/mol. The lowest BCUT2D eigenvalue weighted by Crippen LogP contribution is -2.49. The average Bonchev–Trinajstić information content (AvgIpc) is 3.20. The molecule has 1 saturated heterocycles. The van der Waals surface area contributed by atoms with Gasteiger partial charge in [-0.3, -0.25) is 4.79 Å². The van der Waals surface area contributed by atoms with Crippen molar-refractivity contribution in [2.45, 2.75) is 6.92 Å². The summed E-state index contributed by atoms with van der Waals surface area (Å²) in [6, 6.07) is 17.5. The molecule has 0 aliphatic carbocycles. The highest BCUT2D eigenvalue weighted by atomic mass is 35.5. The topological polar surface area (TPSA) is 112 Å². The Kier molecular flexibility index (Phi) is 5.97. The number of nitrogens with zero attached hydrogens (tertiary/aromatic N) is 4. The van der Waals surface area contributed by atoms with E-state index in [1.54, 1.807) is 0 Å². The van der Waals surface area contributed by atoms with Gasteiger partial charge in [-0.2, -0.15) is 5.26 Å². The van der Waals surface area contributed by atoms with Crippen LogP contribution in [0.1, 0.15) is 20.8 Å². The first kappa shape index (κ1) is 23.0. The van der Waals surface area contributed by atoms with Gasteiger partial charge in [0.15, 0.2) is 0 Å². The highest BCUT2D eigenvalue weighted by Gasteiger charge is 2.29. The molecule has 1 amide bonds. The molecule has 0 saturated carbocycles.